The number of hydrogen-bond donors (Lipinski definition) is 1. The summed E-state index contributed by atoms with van der Waals surface area (Å²) < 4.78 is 11.8. The van der Waals surface area contributed by atoms with Crippen molar-refractivity contribution in [3.8, 4) is 11.5 Å². The summed E-state index contributed by atoms with van der Waals surface area (Å²) in [6.07, 6.45) is 1.04. The minimum atomic E-state index is -0.521. The Labute approximate surface area is 101 Å². The lowest BCUT2D eigenvalue weighted by atomic mass is 9.99. The molecule has 0 spiro atoms. The van der Waals surface area contributed by atoms with E-state index >= 15 is 0 Å². The van der Waals surface area contributed by atoms with Gasteiger partial charge in [-0.25, -0.2) is 0 Å². The highest BCUT2D eigenvalue weighted by Gasteiger charge is 2.40. The summed E-state index contributed by atoms with van der Waals surface area (Å²) in [5.41, 5.74) is 1.88. The van der Waals surface area contributed by atoms with Crippen molar-refractivity contribution in [1.29, 1.82) is 0 Å². The van der Waals surface area contributed by atoms with Crippen LogP contribution < -0.4 is 9.47 Å². The van der Waals surface area contributed by atoms with E-state index < -0.39 is 6.10 Å². The van der Waals surface area contributed by atoms with Gasteiger partial charge in [0.25, 0.3) is 0 Å². The van der Waals surface area contributed by atoms with Gasteiger partial charge in [-0.15, -0.1) is 0 Å². The molecule has 0 fully saturated rings. The van der Waals surface area contributed by atoms with Gasteiger partial charge in [-0.2, -0.15) is 0 Å². The van der Waals surface area contributed by atoms with Crippen LogP contribution in [0.1, 0.15) is 44.4 Å². The predicted molar refractivity (Wildman–Crippen MR) is 64.5 cm³/mol. The van der Waals surface area contributed by atoms with Crippen molar-refractivity contribution in [1.82, 2.24) is 0 Å². The zero-order valence-electron chi connectivity index (χ0n) is 10.5. The van der Waals surface area contributed by atoms with Crippen LogP contribution in [0.3, 0.4) is 0 Å². The molecule has 3 nitrogen and oxygen atoms in total. The smallest absolute Gasteiger partial charge is 0.168 e. The first-order chi connectivity index (χ1) is 8.02. The summed E-state index contributed by atoms with van der Waals surface area (Å²) in [7, 11) is 0. The second-order valence-electron chi connectivity index (χ2n) is 5.52. The van der Waals surface area contributed by atoms with Gasteiger partial charge in [0.2, 0.25) is 0 Å². The average molecular weight is 234 g/mol. The minimum absolute atomic E-state index is 0.135. The minimum Gasteiger partial charge on any atom is -0.483 e. The molecule has 0 aliphatic carbocycles. The first-order valence-corrected chi connectivity index (χ1v) is 6.21. The summed E-state index contributed by atoms with van der Waals surface area (Å²) in [4.78, 5) is 0. The highest BCUT2D eigenvalue weighted by Crippen LogP contribution is 2.50. The van der Waals surface area contributed by atoms with Crippen molar-refractivity contribution in [3.63, 3.8) is 0 Å². The van der Waals surface area contributed by atoms with E-state index in [1.54, 1.807) is 0 Å². The van der Waals surface area contributed by atoms with Crippen molar-refractivity contribution in [3.05, 3.63) is 23.3 Å². The SMILES string of the molecule is CCC1Oc2c(ccc3c2OC(C)(C)C3)C1O. The van der Waals surface area contributed by atoms with Gasteiger partial charge >= 0.3 is 0 Å². The molecule has 92 valence electrons. The Morgan fingerprint density at radius 2 is 2.12 bits per heavy atom. The van der Waals surface area contributed by atoms with E-state index in [0.29, 0.717) is 0 Å². The Morgan fingerprint density at radius 3 is 2.82 bits per heavy atom. The third kappa shape index (κ3) is 1.53. The van der Waals surface area contributed by atoms with Gasteiger partial charge < -0.3 is 14.6 Å². The van der Waals surface area contributed by atoms with Crippen LogP contribution >= 0.6 is 0 Å². The molecule has 0 amide bonds. The van der Waals surface area contributed by atoms with E-state index in [-0.39, 0.29) is 11.7 Å². The van der Waals surface area contributed by atoms with Crippen molar-refractivity contribution in [2.75, 3.05) is 0 Å². The summed E-state index contributed by atoms with van der Waals surface area (Å²) in [6.45, 7) is 6.16. The molecule has 0 aromatic heterocycles. The zero-order valence-corrected chi connectivity index (χ0v) is 10.5. The standard InChI is InChI=1S/C14H18O3/c1-4-10-11(15)9-6-5-8-7-14(2,3)17-12(8)13(9)16-10/h5-6,10-11,15H,4,7H2,1-3H3. The number of ether oxygens (including phenoxy) is 2. The number of fused-ring (bicyclic) bond motifs is 3. The molecule has 0 saturated carbocycles. The summed E-state index contributed by atoms with van der Waals surface area (Å²) >= 11 is 0. The van der Waals surface area contributed by atoms with Crippen molar-refractivity contribution in [2.45, 2.75) is 51.4 Å². The van der Waals surface area contributed by atoms with Crippen LogP contribution in [0.2, 0.25) is 0 Å². The van der Waals surface area contributed by atoms with Gasteiger partial charge in [0.15, 0.2) is 11.5 Å². The lowest BCUT2D eigenvalue weighted by Gasteiger charge is -2.18. The number of hydrogen-bond acceptors (Lipinski definition) is 3. The Bertz CT molecular complexity index is 465. The van der Waals surface area contributed by atoms with Crippen LogP contribution in [0.4, 0.5) is 0 Å². The van der Waals surface area contributed by atoms with Gasteiger partial charge in [0, 0.05) is 17.5 Å². The van der Waals surface area contributed by atoms with E-state index in [4.69, 9.17) is 9.47 Å². The lowest BCUT2D eigenvalue weighted by Crippen LogP contribution is -2.24. The molecular formula is C14H18O3. The maximum atomic E-state index is 10.1. The Morgan fingerprint density at radius 1 is 1.35 bits per heavy atom. The molecular weight excluding hydrogens is 216 g/mol. The quantitative estimate of drug-likeness (QED) is 0.811. The van der Waals surface area contributed by atoms with Gasteiger partial charge in [-0.1, -0.05) is 19.1 Å². The van der Waals surface area contributed by atoms with Crippen LogP contribution in [-0.4, -0.2) is 16.8 Å². The predicted octanol–water partition coefficient (Wildman–Crippen LogP) is 2.60. The Kier molecular flexibility index (Phi) is 2.17. The fourth-order valence-electron chi connectivity index (χ4n) is 2.72. The molecule has 0 bridgehead atoms. The van der Waals surface area contributed by atoms with Crippen molar-refractivity contribution < 1.29 is 14.6 Å². The average Bonchev–Trinajstić information content (AvgIpc) is 2.74. The topological polar surface area (TPSA) is 38.7 Å². The molecule has 2 heterocycles. The third-order valence-electron chi connectivity index (χ3n) is 3.56. The van der Waals surface area contributed by atoms with Crippen molar-refractivity contribution >= 4 is 0 Å². The van der Waals surface area contributed by atoms with E-state index in [2.05, 4.69) is 13.8 Å². The fraction of sp³-hybridized carbons (Fsp3) is 0.571. The zero-order chi connectivity index (χ0) is 12.2. The normalized spacial score (nSPS) is 28.2. The van der Waals surface area contributed by atoms with Crippen LogP contribution in [0, 0.1) is 0 Å². The van der Waals surface area contributed by atoms with Gasteiger partial charge in [0.05, 0.1) is 0 Å². The van der Waals surface area contributed by atoms with Gasteiger partial charge in [0.1, 0.15) is 17.8 Å². The van der Waals surface area contributed by atoms with E-state index in [1.807, 2.05) is 19.1 Å². The molecule has 2 atom stereocenters. The largest absolute Gasteiger partial charge is 0.483 e. The van der Waals surface area contributed by atoms with Gasteiger partial charge in [-0.05, 0) is 20.3 Å². The maximum Gasteiger partial charge on any atom is 0.168 e. The Balaban J connectivity index is 2.06. The highest BCUT2D eigenvalue weighted by molar-refractivity contribution is 5.57. The third-order valence-corrected chi connectivity index (χ3v) is 3.56. The van der Waals surface area contributed by atoms with E-state index in [0.717, 1.165) is 29.9 Å². The molecule has 1 aromatic rings. The molecule has 1 aromatic carbocycles. The maximum absolute atomic E-state index is 10.1. The molecule has 3 rings (SSSR count). The molecule has 0 radical (unpaired) electrons. The molecule has 1 N–H and O–H groups in total. The molecule has 2 aliphatic rings. The first kappa shape index (κ1) is 10.9. The second-order valence-corrected chi connectivity index (χ2v) is 5.52. The van der Waals surface area contributed by atoms with Crippen LogP contribution in [0.25, 0.3) is 0 Å². The van der Waals surface area contributed by atoms with E-state index in [9.17, 15) is 5.11 Å². The number of benzene rings is 1. The van der Waals surface area contributed by atoms with E-state index in [1.165, 1.54) is 5.56 Å². The fourth-order valence-corrected chi connectivity index (χ4v) is 2.72. The molecule has 2 unspecified atom stereocenters. The molecule has 2 aliphatic heterocycles. The number of rotatable bonds is 1. The number of aliphatic hydroxyl groups is 1. The summed E-state index contributed by atoms with van der Waals surface area (Å²) in [5.74, 6) is 1.59. The Hall–Kier alpha value is -1.22. The highest BCUT2D eigenvalue weighted by atomic mass is 16.6. The lowest BCUT2D eigenvalue weighted by molar-refractivity contribution is 0.0622. The van der Waals surface area contributed by atoms with Crippen LogP contribution in [0.15, 0.2) is 12.1 Å². The van der Waals surface area contributed by atoms with Crippen LogP contribution in [-0.2, 0) is 6.42 Å². The molecule has 17 heavy (non-hydrogen) atoms. The van der Waals surface area contributed by atoms with Gasteiger partial charge in [-0.3, -0.25) is 0 Å². The molecule has 0 saturated heterocycles. The summed E-state index contributed by atoms with van der Waals surface area (Å²) in [5, 5.41) is 10.1. The first-order valence-electron chi connectivity index (χ1n) is 6.21. The van der Waals surface area contributed by atoms with Crippen LogP contribution in [0.5, 0.6) is 11.5 Å². The number of aliphatic hydroxyl groups excluding tert-OH is 1. The van der Waals surface area contributed by atoms with Crippen molar-refractivity contribution in [2.24, 2.45) is 0 Å². The summed E-state index contributed by atoms with van der Waals surface area (Å²) in [6, 6.07) is 4.02. The molecule has 3 heteroatoms. The second kappa shape index (κ2) is 3.39. The monoisotopic (exact) mass is 234 g/mol.